The number of aromatic nitrogens is 3. The van der Waals surface area contributed by atoms with Crippen LogP contribution in [0.25, 0.3) is 11.5 Å². The zero-order valence-electron chi connectivity index (χ0n) is 11.7. The largest absolute Gasteiger partial charge is 0.334 e. The second kappa shape index (κ2) is 5.71. The average Bonchev–Trinajstić information content (AvgIpc) is 2.97. The third-order valence-corrected chi connectivity index (χ3v) is 4.02. The molecule has 5 nitrogen and oxygen atoms in total. The first-order valence-electron chi connectivity index (χ1n) is 7.25. The predicted molar refractivity (Wildman–Crippen MR) is 75.8 cm³/mol. The van der Waals surface area contributed by atoms with Gasteiger partial charge in [-0.2, -0.15) is 4.98 Å². The van der Waals surface area contributed by atoms with E-state index in [1.165, 1.54) is 12.8 Å². The quantitative estimate of drug-likeness (QED) is 0.929. The molecule has 1 saturated carbocycles. The maximum absolute atomic E-state index is 5.61. The molecule has 2 unspecified atom stereocenters. The molecule has 2 atom stereocenters. The van der Waals surface area contributed by atoms with E-state index in [9.17, 15) is 0 Å². The summed E-state index contributed by atoms with van der Waals surface area (Å²) in [5.41, 5.74) is 7.32. The van der Waals surface area contributed by atoms with Gasteiger partial charge in [0.15, 0.2) is 5.82 Å². The molecular formula is C15H20N4O. The molecule has 5 heteroatoms. The van der Waals surface area contributed by atoms with E-state index in [2.05, 4.69) is 22.0 Å². The summed E-state index contributed by atoms with van der Waals surface area (Å²) in [6.07, 6.45) is 6.61. The minimum absolute atomic E-state index is 0.412. The lowest BCUT2D eigenvalue weighted by Crippen LogP contribution is -2.12. The standard InChI is InChI=1S/C15H20N4O/c1-10-3-2-4-11(7-10)14-18-15(20-19-14)12-5-6-17-13(8-12)9-16/h5-6,8,10-11H,2-4,7,9,16H2,1H3. The van der Waals surface area contributed by atoms with Crippen LogP contribution in [0.2, 0.25) is 0 Å². The monoisotopic (exact) mass is 272 g/mol. The van der Waals surface area contributed by atoms with Gasteiger partial charge >= 0.3 is 0 Å². The SMILES string of the molecule is CC1CCCC(c2noc(-c3ccnc(CN)c3)n2)C1. The Balaban J connectivity index is 1.82. The van der Waals surface area contributed by atoms with Gasteiger partial charge in [0.25, 0.3) is 5.89 Å². The Labute approximate surface area is 118 Å². The fraction of sp³-hybridized carbons (Fsp3) is 0.533. The Kier molecular flexibility index (Phi) is 3.78. The van der Waals surface area contributed by atoms with Crippen LogP contribution >= 0.6 is 0 Å². The van der Waals surface area contributed by atoms with Gasteiger partial charge < -0.3 is 10.3 Å². The van der Waals surface area contributed by atoms with Crippen molar-refractivity contribution in [3.8, 4) is 11.5 Å². The summed E-state index contributed by atoms with van der Waals surface area (Å²) in [6, 6.07) is 3.78. The highest BCUT2D eigenvalue weighted by molar-refractivity contribution is 5.52. The first kappa shape index (κ1) is 13.2. The summed E-state index contributed by atoms with van der Waals surface area (Å²) < 4.78 is 5.41. The van der Waals surface area contributed by atoms with E-state index in [0.29, 0.717) is 18.4 Å². The van der Waals surface area contributed by atoms with Gasteiger partial charge in [-0.15, -0.1) is 0 Å². The van der Waals surface area contributed by atoms with Crippen LogP contribution in [-0.2, 0) is 6.54 Å². The third-order valence-electron chi connectivity index (χ3n) is 4.02. The molecule has 3 rings (SSSR count). The van der Waals surface area contributed by atoms with Gasteiger partial charge in [-0.05, 0) is 30.9 Å². The van der Waals surface area contributed by atoms with Crippen molar-refractivity contribution in [2.45, 2.75) is 45.1 Å². The lowest BCUT2D eigenvalue weighted by Gasteiger charge is -2.23. The van der Waals surface area contributed by atoms with Crippen molar-refractivity contribution in [2.75, 3.05) is 0 Å². The van der Waals surface area contributed by atoms with Crippen molar-refractivity contribution >= 4 is 0 Å². The van der Waals surface area contributed by atoms with Crippen LogP contribution in [-0.4, -0.2) is 15.1 Å². The molecule has 0 radical (unpaired) electrons. The molecule has 2 aromatic rings. The third kappa shape index (κ3) is 2.72. The van der Waals surface area contributed by atoms with Crippen LogP contribution in [0.3, 0.4) is 0 Å². The smallest absolute Gasteiger partial charge is 0.258 e. The fourth-order valence-electron chi connectivity index (χ4n) is 2.91. The summed E-state index contributed by atoms with van der Waals surface area (Å²) >= 11 is 0. The Bertz CT molecular complexity index is 581. The molecule has 2 N–H and O–H groups in total. The maximum Gasteiger partial charge on any atom is 0.258 e. The number of nitrogens with zero attached hydrogens (tertiary/aromatic N) is 3. The molecule has 2 aromatic heterocycles. The molecule has 0 bridgehead atoms. The minimum atomic E-state index is 0.412. The fourth-order valence-corrected chi connectivity index (χ4v) is 2.91. The van der Waals surface area contributed by atoms with E-state index in [0.717, 1.165) is 35.8 Å². The van der Waals surface area contributed by atoms with Gasteiger partial charge in [0.2, 0.25) is 0 Å². The summed E-state index contributed by atoms with van der Waals surface area (Å²) in [5, 5.41) is 4.17. The number of pyridine rings is 1. The van der Waals surface area contributed by atoms with Crippen LogP contribution in [0.1, 0.15) is 50.0 Å². The van der Waals surface area contributed by atoms with E-state index >= 15 is 0 Å². The summed E-state index contributed by atoms with van der Waals surface area (Å²) in [5.74, 6) is 2.60. The van der Waals surface area contributed by atoms with Crippen molar-refractivity contribution in [3.63, 3.8) is 0 Å². The second-order valence-corrected chi connectivity index (χ2v) is 5.67. The van der Waals surface area contributed by atoms with Gasteiger partial charge in [-0.3, -0.25) is 4.98 Å². The Morgan fingerprint density at radius 3 is 3.10 bits per heavy atom. The molecule has 20 heavy (non-hydrogen) atoms. The summed E-state index contributed by atoms with van der Waals surface area (Å²) in [7, 11) is 0. The number of hydrogen-bond acceptors (Lipinski definition) is 5. The Hall–Kier alpha value is -1.75. The van der Waals surface area contributed by atoms with E-state index in [1.807, 2.05) is 12.1 Å². The van der Waals surface area contributed by atoms with Crippen molar-refractivity contribution < 1.29 is 4.52 Å². The minimum Gasteiger partial charge on any atom is -0.334 e. The zero-order chi connectivity index (χ0) is 13.9. The first-order valence-corrected chi connectivity index (χ1v) is 7.25. The number of hydrogen-bond donors (Lipinski definition) is 1. The van der Waals surface area contributed by atoms with Gasteiger partial charge in [-0.25, -0.2) is 0 Å². The molecule has 1 aliphatic rings. The number of rotatable bonds is 3. The second-order valence-electron chi connectivity index (χ2n) is 5.67. The van der Waals surface area contributed by atoms with E-state index in [4.69, 9.17) is 10.3 Å². The molecule has 2 heterocycles. The summed E-state index contributed by atoms with van der Waals surface area (Å²) in [6.45, 7) is 2.71. The van der Waals surface area contributed by atoms with Crippen molar-refractivity contribution in [1.82, 2.24) is 15.1 Å². The van der Waals surface area contributed by atoms with Crippen molar-refractivity contribution in [3.05, 3.63) is 29.8 Å². The van der Waals surface area contributed by atoms with Crippen molar-refractivity contribution in [1.29, 1.82) is 0 Å². The lowest BCUT2D eigenvalue weighted by atomic mass is 9.82. The van der Waals surface area contributed by atoms with Gasteiger partial charge in [0.05, 0.1) is 5.69 Å². The normalized spacial score (nSPS) is 22.9. The highest BCUT2D eigenvalue weighted by atomic mass is 16.5. The molecule has 0 saturated heterocycles. The average molecular weight is 272 g/mol. The number of nitrogens with two attached hydrogens (primary N) is 1. The maximum atomic E-state index is 5.61. The highest BCUT2D eigenvalue weighted by Crippen LogP contribution is 2.35. The zero-order valence-corrected chi connectivity index (χ0v) is 11.7. The van der Waals surface area contributed by atoms with Crippen LogP contribution < -0.4 is 5.73 Å². The Morgan fingerprint density at radius 2 is 2.30 bits per heavy atom. The molecule has 0 amide bonds. The molecule has 0 aromatic carbocycles. The topological polar surface area (TPSA) is 77.8 Å². The molecule has 1 aliphatic carbocycles. The van der Waals surface area contributed by atoms with Crippen molar-refractivity contribution in [2.24, 2.45) is 11.7 Å². The Morgan fingerprint density at radius 1 is 1.40 bits per heavy atom. The lowest BCUT2D eigenvalue weighted by molar-refractivity contribution is 0.324. The van der Waals surface area contributed by atoms with Gasteiger partial charge in [0, 0.05) is 24.2 Å². The molecule has 0 aliphatic heterocycles. The molecule has 0 spiro atoms. The summed E-state index contributed by atoms with van der Waals surface area (Å²) in [4.78, 5) is 8.74. The molecule has 1 fully saturated rings. The van der Waals surface area contributed by atoms with Crippen LogP contribution in [0.5, 0.6) is 0 Å². The van der Waals surface area contributed by atoms with E-state index in [1.54, 1.807) is 6.20 Å². The van der Waals surface area contributed by atoms with E-state index in [-0.39, 0.29) is 0 Å². The van der Waals surface area contributed by atoms with Gasteiger partial charge in [-0.1, -0.05) is 24.9 Å². The van der Waals surface area contributed by atoms with E-state index < -0.39 is 0 Å². The van der Waals surface area contributed by atoms with Crippen LogP contribution in [0.15, 0.2) is 22.9 Å². The predicted octanol–water partition coefficient (Wildman–Crippen LogP) is 2.88. The molecule has 106 valence electrons. The van der Waals surface area contributed by atoms with Crippen LogP contribution in [0.4, 0.5) is 0 Å². The highest BCUT2D eigenvalue weighted by Gasteiger charge is 2.24. The van der Waals surface area contributed by atoms with Crippen LogP contribution in [0, 0.1) is 5.92 Å². The van der Waals surface area contributed by atoms with Gasteiger partial charge in [0.1, 0.15) is 0 Å². The molecular weight excluding hydrogens is 252 g/mol. The first-order chi connectivity index (χ1) is 9.76.